The van der Waals surface area contributed by atoms with Gasteiger partial charge in [-0.15, -0.1) is 11.8 Å². The lowest BCUT2D eigenvalue weighted by Crippen LogP contribution is -2.18. The molecule has 0 radical (unpaired) electrons. The zero-order valence-corrected chi connectivity index (χ0v) is 13.4. The van der Waals surface area contributed by atoms with E-state index in [-0.39, 0.29) is 6.10 Å². The number of ether oxygens (including phenoxy) is 1. The molecule has 1 atom stereocenters. The highest BCUT2D eigenvalue weighted by Crippen LogP contribution is 2.39. The number of rotatable bonds is 1. The molecular formula is C13H11BrN2OS2. The quantitative estimate of drug-likeness (QED) is 0.768. The van der Waals surface area contributed by atoms with Gasteiger partial charge in [-0.2, -0.15) is 0 Å². The molecule has 3 nitrogen and oxygen atoms in total. The number of nitrogens with one attached hydrogen (secondary N) is 1. The van der Waals surface area contributed by atoms with Gasteiger partial charge in [0.1, 0.15) is 16.2 Å². The molecule has 0 amide bonds. The van der Waals surface area contributed by atoms with Gasteiger partial charge in [-0.3, -0.25) is 0 Å². The topological polar surface area (TPSA) is 37.9 Å². The van der Waals surface area contributed by atoms with Crippen molar-refractivity contribution in [2.75, 3.05) is 5.75 Å². The summed E-state index contributed by atoms with van der Waals surface area (Å²) in [6, 6.07) is 8.04. The van der Waals surface area contributed by atoms with Gasteiger partial charge in [0.2, 0.25) is 0 Å². The van der Waals surface area contributed by atoms with Crippen LogP contribution in [-0.4, -0.2) is 15.7 Å². The molecule has 2 heterocycles. The lowest BCUT2D eigenvalue weighted by atomic mass is 10.3. The molecule has 0 saturated heterocycles. The maximum atomic E-state index is 5.99. The lowest BCUT2D eigenvalue weighted by Gasteiger charge is -2.25. The number of thioether (sulfide) groups is 1. The molecule has 1 aromatic carbocycles. The number of aromatic nitrogens is 2. The van der Waals surface area contributed by atoms with Crippen LogP contribution in [-0.2, 0) is 0 Å². The number of para-hydroxylation sites is 1. The summed E-state index contributed by atoms with van der Waals surface area (Å²) in [5, 5.41) is 0. The molecule has 2 aromatic rings. The molecule has 1 N–H and O–H groups in total. The van der Waals surface area contributed by atoms with Crippen LogP contribution >= 0.6 is 39.9 Å². The minimum atomic E-state index is -0.0894. The molecule has 1 aliphatic heterocycles. The number of hydrogen-bond acceptors (Lipinski definition) is 4. The van der Waals surface area contributed by atoms with Crippen LogP contribution < -0.4 is 4.74 Å². The number of nitrogens with zero attached hydrogens (tertiary/aromatic N) is 1. The molecule has 3 rings (SSSR count). The van der Waals surface area contributed by atoms with Crippen molar-refractivity contribution in [3.8, 4) is 5.75 Å². The third-order valence-corrected chi connectivity index (χ3v) is 5.51. The summed E-state index contributed by atoms with van der Waals surface area (Å²) in [7, 11) is 0. The van der Waals surface area contributed by atoms with Gasteiger partial charge < -0.3 is 9.72 Å². The minimum absolute atomic E-state index is 0.0894. The SMILES string of the molecule is Cc1[nH]c(C2CSc3ccccc3O2)nc(=S)c1Br. The third-order valence-electron chi connectivity index (χ3n) is 2.87. The summed E-state index contributed by atoms with van der Waals surface area (Å²) in [5.74, 6) is 2.52. The summed E-state index contributed by atoms with van der Waals surface area (Å²) in [4.78, 5) is 8.83. The molecule has 0 bridgehead atoms. The van der Waals surface area contributed by atoms with Crippen LogP contribution in [0.4, 0.5) is 0 Å². The van der Waals surface area contributed by atoms with Crippen LogP contribution in [0.3, 0.4) is 0 Å². The second-order valence-corrected chi connectivity index (χ2v) is 6.47. The molecule has 0 spiro atoms. The molecule has 19 heavy (non-hydrogen) atoms. The fraction of sp³-hybridized carbons (Fsp3) is 0.231. The Morgan fingerprint density at radius 2 is 2.26 bits per heavy atom. The molecule has 1 unspecified atom stereocenters. The van der Waals surface area contributed by atoms with Crippen LogP contribution in [0.1, 0.15) is 17.6 Å². The average Bonchev–Trinajstić information content (AvgIpc) is 2.43. The Labute approximate surface area is 128 Å². The van der Waals surface area contributed by atoms with Gasteiger partial charge in [0.25, 0.3) is 0 Å². The zero-order valence-electron chi connectivity index (χ0n) is 10.1. The highest BCUT2D eigenvalue weighted by atomic mass is 79.9. The van der Waals surface area contributed by atoms with Crippen molar-refractivity contribution in [1.82, 2.24) is 9.97 Å². The molecule has 1 aliphatic rings. The highest BCUT2D eigenvalue weighted by molar-refractivity contribution is 9.10. The molecule has 0 fully saturated rings. The third kappa shape index (κ3) is 2.57. The van der Waals surface area contributed by atoms with Crippen molar-refractivity contribution in [2.45, 2.75) is 17.9 Å². The van der Waals surface area contributed by atoms with E-state index in [4.69, 9.17) is 17.0 Å². The number of halogens is 1. The van der Waals surface area contributed by atoms with E-state index in [0.29, 0.717) is 4.64 Å². The Hall–Kier alpha value is -0.850. The summed E-state index contributed by atoms with van der Waals surface area (Å²) >= 11 is 10.4. The van der Waals surface area contributed by atoms with Crippen LogP contribution in [0, 0.1) is 11.6 Å². The molecule has 1 aromatic heterocycles. The van der Waals surface area contributed by atoms with Gasteiger partial charge >= 0.3 is 0 Å². The first kappa shape index (κ1) is 13.1. The largest absolute Gasteiger partial charge is 0.480 e. The van der Waals surface area contributed by atoms with Crippen LogP contribution in [0.15, 0.2) is 33.6 Å². The summed E-state index contributed by atoms with van der Waals surface area (Å²) in [5.41, 5.74) is 0.974. The molecule has 98 valence electrons. The maximum absolute atomic E-state index is 5.99. The van der Waals surface area contributed by atoms with Crippen LogP contribution in [0.25, 0.3) is 0 Å². The predicted molar refractivity (Wildman–Crippen MR) is 82.4 cm³/mol. The van der Waals surface area contributed by atoms with Gasteiger partial charge in [0, 0.05) is 16.3 Å². The van der Waals surface area contributed by atoms with Crippen molar-refractivity contribution in [3.05, 3.63) is 44.9 Å². The minimum Gasteiger partial charge on any atom is -0.480 e. The van der Waals surface area contributed by atoms with Crippen molar-refractivity contribution in [1.29, 1.82) is 0 Å². The van der Waals surface area contributed by atoms with E-state index in [1.165, 1.54) is 4.90 Å². The summed E-state index contributed by atoms with van der Waals surface area (Å²) in [6.45, 7) is 1.97. The Balaban J connectivity index is 1.95. The number of hydrogen-bond donors (Lipinski definition) is 1. The Bertz CT molecular complexity index is 687. The standard InChI is InChI=1S/C13H11BrN2OS2/c1-7-11(14)13(18)16-12(15-7)9-6-19-10-5-3-2-4-8(10)17-9/h2-5,9H,6H2,1H3,(H,15,16,18). The number of aryl methyl sites for hydroxylation is 1. The number of H-pyrrole nitrogens is 1. The maximum Gasteiger partial charge on any atom is 0.165 e. The average molecular weight is 355 g/mol. The fourth-order valence-electron chi connectivity index (χ4n) is 1.90. The van der Waals surface area contributed by atoms with Gasteiger partial charge in [-0.05, 0) is 35.0 Å². The highest BCUT2D eigenvalue weighted by Gasteiger charge is 2.23. The second kappa shape index (κ2) is 5.26. The van der Waals surface area contributed by atoms with E-state index in [9.17, 15) is 0 Å². The molecular weight excluding hydrogens is 344 g/mol. The molecule has 0 aliphatic carbocycles. The van der Waals surface area contributed by atoms with E-state index < -0.39 is 0 Å². The van der Waals surface area contributed by atoms with Crippen LogP contribution in [0.2, 0.25) is 0 Å². The molecule has 0 saturated carbocycles. The first-order valence-corrected chi connectivity index (χ1v) is 7.98. The summed E-state index contributed by atoms with van der Waals surface area (Å²) < 4.78 is 7.40. The first-order chi connectivity index (χ1) is 9.15. The second-order valence-electron chi connectivity index (χ2n) is 4.23. The first-order valence-electron chi connectivity index (χ1n) is 5.80. The number of fused-ring (bicyclic) bond motifs is 1. The lowest BCUT2D eigenvalue weighted by molar-refractivity contribution is 0.210. The Kier molecular flexibility index (Phi) is 3.64. The predicted octanol–water partition coefficient (Wildman–Crippen LogP) is 4.44. The van der Waals surface area contributed by atoms with E-state index in [2.05, 4.69) is 32.0 Å². The van der Waals surface area contributed by atoms with Crippen molar-refractivity contribution in [2.24, 2.45) is 0 Å². The fourth-order valence-corrected chi connectivity index (χ4v) is 3.33. The monoisotopic (exact) mass is 354 g/mol. The molecule has 6 heteroatoms. The number of benzene rings is 1. The summed E-state index contributed by atoms with van der Waals surface area (Å²) in [6.07, 6.45) is -0.0894. The van der Waals surface area contributed by atoms with Crippen LogP contribution in [0.5, 0.6) is 5.75 Å². The van der Waals surface area contributed by atoms with Crippen molar-refractivity contribution in [3.63, 3.8) is 0 Å². The van der Waals surface area contributed by atoms with E-state index in [0.717, 1.165) is 27.5 Å². The Morgan fingerprint density at radius 3 is 3.05 bits per heavy atom. The Morgan fingerprint density at radius 1 is 1.47 bits per heavy atom. The zero-order chi connectivity index (χ0) is 13.4. The number of aromatic amines is 1. The van der Waals surface area contributed by atoms with E-state index in [1.807, 2.05) is 25.1 Å². The van der Waals surface area contributed by atoms with Gasteiger partial charge in [0.15, 0.2) is 6.10 Å². The normalized spacial score (nSPS) is 17.7. The van der Waals surface area contributed by atoms with E-state index >= 15 is 0 Å². The van der Waals surface area contributed by atoms with Gasteiger partial charge in [-0.1, -0.05) is 24.4 Å². The van der Waals surface area contributed by atoms with Crippen molar-refractivity contribution >= 4 is 39.9 Å². The van der Waals surface area contributed by atoms with Gasteiger partial charge in [-0.25, -0.2) is 4.98 Å². The van der Waals surface area contributed by atoms with E-state index in [1.54, 1.807) is 11.8 Å². The van der Waals surface area contributed by atoms with Crippen molar-refractivity contribution < 1.29 is 4.74 Å². The van der Waals surface area contributed by atoms with Gasteiger partial charge in [0.05, 0.1) is 4.47 Å². The smallest absolute Gasteiger partial charge is 0.165 e.